The zero-order chi connectivity index (χ0) is 14.7. The highest BCUT2D eigenvalue weighted by Crippen LogP contribution is 2.31. The summed E-state index contributed by atoms with van der Waals surface area (Å²) >= 11 is 5.65. The molecule has 108 valence electrons. The van der Waals surface area contributed by atoms with E-state index >= 15 is 0 Å². The number of aryl methyl sites for hydroxylation is 1. The third-order valence-electron chi connectivity index (χ3n) is 3.02. The first-order chi connectivity index (χ1) is 9.58. The molecule has 2 aromatic rings. The van der Waals surface area contributed by atoms with Crippen molar-refractivity contribution in [2.45, 2.75) is 26.0 Å². The smallest absolute Gasteiger partial charge is 0.163 e. The zero-order valence-corrected chi connectivity index (χ0v) is 12.1. The Kier molecular flexibility index (Phi) is 4.62. The van der Waals surface area contributed by atoms with Gasteiger partial charge in [0.1, 0.15) is 17.6 Å². The number of hydrogen-bond acceptors (Lipinski definition) is 3. The molecule has 0 bridgehead atoms. The Labute approximate surface area is 121 Å². The number of halogens is 2. The molecule has 0 aliphatic carbocycles. The maximum absolute atomic E-state index is 13.5. The number of hydrogen-bond donors (Lipinski definition) is 1. The van der Waals surface area contributed by atoms with Crippen LogP contribution in [0.15, 0.2) is 24.4 Å². The Bertz CT molecular complexity index is 601. The van der Waals surface area contributed by atoms with E-state index in [0.29, 0.717) is 23.6 Å². The summed E-state index contributed by atoms with van der Waals surface area (Å²) in [6.07, 6.45) is 1.38. The van der Waals surface area contributed by atoms with Crippen LogP contribution in [0, 0.1) is 5.82 Å². The van der Waals surface area contributed by atoms with Crippen LogP contribution in [0.4, 0.5) is 4.39 Å². The molecule has 0 saturated heterocycles. The highest BCUT2D eigenvalue weighted by molar-refractivity contribution is 6.30. The predicted octanol–water partition coefficient (Wildman–Crippen LogP) is 3.18. The number of benzene rings is 1. The molecule has 1 unspecified atom stereocenters. The molecule has 4 nitrogen and oxygen atoms in total. The molecule has 1 atom stereocenters. The average Bonchev–Trinajstić information content (AvgIpc) is 2.84. The van der Waals surface area contributed by atoms with Gasteiger partial charge in [0.05, 0.1) is 18.3 Å². The van der Waals surface area contributed by atoms with Gasteiger partial charge in [0.15, 0.2) is 5.75 Å². The molecular formula is C14H16ClFN2O2. The molecule has 6 heteroatoms. The molecule has 0 amide bonds. The Morgan fingerprint density at radius 1 is 1.50 bits per heavy atom. The Morgan fingerprint density at radius 3 is 2.85 bits per heavy atom. The standard InChI is InChI=1S/C14H16ClFN2O2/c1-3-6-18-13(12(20-2)8-17-18)14(19)9-4-5-10(15)11(16)7-9/h4-5,7-8,14,19H,3,6H2,1-2H3. The minimum atomic E-state index is -1.02. The zero-order valence-electron chi connectivity index (χ0n) is 11.3. The van der Waals surface area contributed by atoms with E-state index in [4.69, 9.17) is 16.3 Å². The first-order valence-electron chi connectivity index (χ1n) is 6.31. The maximum Gasteiger partial charge on any atom is 0.163 e. The second-order valence-electron chi connectivity index (χ2n) is 4.40. The van der Waals surface area contributed by atoms with Gasteiger partial charge in [-0.15, -0.1) is 0 Å². The molecule has 0 radical (unpaired) electrons. The van der Waals surface area contributed by atoms with Gasteiger partial charge in [0, 0.05) is 6.54 Å². The van der Waals surface area contributed by atoms with Crippen LogP contribution in [0.3, 0.4) is 0 Å². The van der Waals surface area contributed by atoms with Crippen LogP contribution in [-0.2, 0) is 6.54 Å². The number of aliphatic hydroxyl groups is 1. The largest absolute Gasteiger partial charge is 0.493 e. The lowest BCUT2D eigenvalue weighted by Gasteiger charge is -2.15. The first-order valence-corrected chi connectivity index (χ1v) is 6.69. The summed E-state index contributed by atoms with van der Waals surface area (Å²) < 4.78 is 20.4. The highest BCUT2D eigenvalue weighted by Gasteiger charge is 2.22. The van der Waals surface area contributed by atoms with Crippen molar-refractivity contribution in [1.29, 1.82) is 0 Å². The number of methoxy groups -OCH3 is 1. The van der Waals surface area contributed by atoms with Crippen molar-refractivity contribution in [2.75, 3.05) is 7.11 Å². The number of aromatic nitrogens is 2. The lowest BCUT2D eigenvalue weighted by Crippen LogP contribution is -2.11. The molecular weight excluding hydrogens is 283 g/mol. The third kappa shape index (κ3) is 2.78. The van der Waals surface area contributed by atoms with Crippen LogP contribution >= 0.6 is 11.6 Å². The fourth-order valence-electron chi connectivity index (χ4n) is 2.04. The van der Waals surface area contributed by atoms with Crippen LogP contribution in [0.2, 0.25) is 5.02 Å². The first kappa shape index (κ1) is 14.8. The van der Waals surface area contributed by atoms with Crippen LogP contribution in [0.25, 0.3) is 0 Å². The Morgan fingerprint density at radius 2 is 2.25 bits per heavy atom. The molecule has 1 heterocycles. The van der Waals surface area contributed by atoms with Gasteiger partial charge in [-0.1, -0.05) is 24.6 Å². The molecule has 1 aromatic carbocycles. The van der Waals surface area contributed by atoms with Gasteiger partial charge in [0.25, 0.3) is 0 Å². The number of rotatable bonds is 5. The second kappa shape index (κ2) is 6.24. The van der Waals surface area contributed by atoms with Crippen LogP contribution in [0.1, 0.15) is 30.7 Å². The number of nitrogens with zero attached hydrogens (tertiary/aromatic N) is 2. The lowest BCUT2D eigenvalue weighted by atomic mass is 10.1. The SMILES string of the molecule is CCCn1ncc(OC)c1C(O)c1ccc(Cl)c(F)c1. The Balaban J connectivity index is 2.43. The van der Waals surface area contributed by atoms with Gasteiger partial charge >= 0.3 is 0 Å². The minimum Gasteiger partial charge on any atom is -0.493 e. The maximum atomic E-state index is 13.5. The predicted molar refractivity (Wildman–Crippen MR) is 74.5 cm³/mol. The summed E-state index contributed by atoms with van der Waals surface area (Å²) in [5.41, 5.74) is 0.916. The van der Waals surface area contributed by atoms with Crippen molar-refractivity contribution in [1.82, 2.24) is 9.78 Å². The van der Waals surface area contributed by atoms with Crippen LogP contribution in [-0.4, -0.2) is 22.0 Å². The average molecular weight is 299 g/mol. The van der Waals surface area contributed by atoms with Crippen molar-refractivity contribution < 1.29 is 14.2 Å². The lowest BCUT2D eigenvalue weighted by molar-refractivity contribution is 0.201. The summed E-state index contributed by atoms with van der Waals surface area (Å²) in [5.74, 6) is -0.0925. The van der Waals surface area contributed by atoms with Crippen molar-refractivity contribution in [3.05, 3.63) is 46.5 Å². The van der Waals surface area contributed by atoms with E-state index in [9.17, 15) is 9.50 Å². The number of aliphatic hydroxyl groups excluding tert-OH is 1. The van der Waals surface area contributed by atoms with E-state index in [1.807, 2.05) is 6.92 Å². The Hall–Kier alpha value is -1.59. The van der Waals surface area contributed by atoms with Crippen molar-refractivity contribution in [2.24, 2.45) is 0 Å². The molecule has 2 rings (SSSR count). The van der Waals surface area contributed by atoms with E-state index in [0.717, 1.165) is 6.42 Å². The summed E-state index contributed by atoms with van der Waals surface area (Å²) in [5, 5.41) is 14.7. The molecule has 0 aliphatic heterocycles. The molecule has 0 fully saturated rings. The molecule has 0 spiro atoms. The monoisotopic (exact) mass is 298 g/mol. The quantitative estimate of drug-likeness (QED) is 0.922. The van der Waals surface area contributed by atoms with Crippen LogP contribution < -0.4 is 4.74 Å². The van der Waals surface area contributed by atoms with E-state index in [2.05, 4.69) is 5.10 Å². The fraction of sp³-hybridized carbons (Fsp3) is 0.357. The van der Waals surface area contributed by atoms with Crippen LogP contribution in [0.5, 0.6) is 5.75 Å². The topological polar surface area (TPSA) is 47.3 Å². The van der Waals surface area contributed by atoms with E-state index in [-0.39, 0.29) is 5.02 Å². The summed E-state index contributed by atoms with van der Waals surface area (Å²) in [4.78, 5) is 0. The van der Waals surface area contributed by atoms with Crippen molar-refractivity contribution in [3.8, 4) is 5.75 Å². The van der Waals surface area contributed by atoms with Gasteiger partial charge in [-0.25, -0.2) is 4.39 Å². The van der Waals surface area contributed by atoms with Gasteiger partial charge in [-0.3, -0.25) is 4.68 Å². The van der Waals surface area contributed by atoms with E-state index in [1.54, 1.807) is 16.9 Å². The molecule has 0 aliphatic rings. The summed E-state index contributed by atoms with van der Waals surface area (Å²) in [7, 11) is 1.51. The van der Waals surface area contributed by atoms with Gasteiger partial charge in [-0.2, -0.15) is 5.10 Å². The second-order valence-corrected chi connectivity index (χ2v) is 4.80. The molecule has 20 heavy (non-hydrogen) atoms. The normalized spacial score (nSPS) is 12.4. The fourth-order valence-corrected chi connectivity index (χ4v) is 2.16. The van der Waals surface area contributed by atoms with Crippen molar-refractivity contribution in [3.63, 3.8) is 0 Å². The summed E-state index contributed by atoms with van der Waals surface area (Å²) in [6.45, 7) is 2.65. The van der Waals surface area contributed by atoms with Gasteiger partial charge in [-0.05, 0) is 24.1 Å². The highest BCUT2D eigenvalue weighted by atomic mass is 35.5. The van der Waals surface area contributed by atoms with E-state index < -0.39 is 11.9 Å². The third-order valence-corrected chi connectivity index (χ3v) is 3.33. The van der Waals surface area contributed by atoms with E-state index in [1.165, 1.54) is 19.2 Å². The molecule has 1 N–H and O–H groups in total. The number of ether oxygens (including phenoxy) is 1. The van der Waals surface area contributed by atoms with Gasteiger partial charge < -0.3 is 9.84 Å². The van der Waals surface area contributed by atoms with Crippen molar-refractivity contribution >= 4 is 11.6 Å². The summed E-state index contributed by atoms with van der Waals surface area (Å²) in [6, 6.07) is 4.22. The molecule has 1 aromatic heterocycles. The minimum absolute atomic E-state index is 0.0231. The van der Waals surface area contributed by atoms with Gasteiger partial charge in [0.2, 0.25) is 0 Å². The molecule has 0 saturated carbocycles.